The highest BCUT2D eigenvalue weighted by Crippen LogP contribution is 2.05. The van der Waals surface area contributed by atoms with E-state index in [1.165, 1.54) is 0 Å². The SMILES string of the molecule is [2H]c1c[nH]c2cccnc12. The molecule has 0 radical (unpaired) electrons. The van der Waals surface area contributed by atoms with E-state index in [1.807, 2.05) is 12.1 Å². The molecule has 9 heavy (non-hydrogen) atoms. The third kappa shape index (κ3) is 0.598. The van der Waals surface area contributed by atoms with E-state index in [0.717, 1.165) is 11.0 Å². The van der Waals surface area contributed by atoms with Gasteiger partial charge in [0.2, 0.25) is 0 Å². The molecule has 0 atom stereocenters. The average Bonchev–Trinajstić information content (AvgIpc) is 2.34. The topological polar surface area (TPSA) is 28.7 Å². The van der Waals surface area contributed by atoms with Gasteiger partial charge in [-0.2, -0.15) is 0 Å². The number of hydrogen-bond donors (Lipinski definition) is 1. The van der Waals surface area contributed by atoms with E-state index in [9.17, 15) is 0 Å². The monoisotopic (exact) mass is 119 g/mol. The molecule has 0 saturated heterocycles. The van der Waals surface area contributed by atoms with Crippen LogP contribution in [0.2, 0.25) is 0 Å². The Morgan fingerprint density at radius 1 is 1.67 bits per heavy atom. The largest absolute Gasteiger partial charge is 0.360 e. The van der Waals surface area contributed by atoms with Crippen molar-refractivity contribution in [3.05, 3.63) is 30.6 Å². The highest BCUT2D eigenvalue weighted by Gasteiger charge is 1.88. The molecule has 0 amide bonds. The number of fused-ring (bicyclic) bond motifs is 1. The van der Waals surface area contributed by atoms with Gasteiger partial charge in [0.1, 0.15) is 0 Å². The minimum atomic E-state index is 0.454. The zero-order chi connectivity index (χ0) is 6.97. The van der Waals surface area contributed by atoms with Crippen molar-refractivity contribution in [1.29, 1.82) is 0 Å². The molecule has 0 aliphatic carbocycles. The molecule has 2 heterocycles. The van der Waals surface area contributed by atoms with Crippen molar-refractivity contribution in [1.82, 2.24) is 9.97 Å². The summed E-state index contributed by atoms with van der Waals surface area (Å²) in [6.07, 6.45) is 3.33. The van der Waals surface area contributed by atoms with Crippen LogP contribution in [0.4, 0.5) is 0 Å². The molecule has 0 aromatic carbocycles. The molecule has 2 nitrogen and oxygen atoms in total. The Hall–Kier alpha value is -1.31. The molecule has 0 bridgehead atoms. The highest BCUT2D eigenvalue weighted by molar-refractivity contribution is 5.73. The first-order chi connectivity index (χ1) is 4.88. The van der Waals surface area contributed by atoms with Crippen LogP contribution < -0.4 is 0 Å². The number of aromatic nitrogens is 2. The smallest absolute Gasteiger partial charge is 0.0878 e. The van der Waals surface area contributed by atoms with Gasteiger partial charge in [-0.1, -0.05) is 0 Å². The third-order valence-electron chi connectivity index (χ3n) is 1.24. The minimum Gasteiger partial charge on any atom is -0.360 e. The molecule has 0 unspecified atom stereocenters. The van der Waals surface area contributed by atoms with Gasteiger partial charge < -0.3 is 4.98 Å². The van der Waals surface area contributed by atoms with E-state index in [0.29, 0.717) is 6.04 Å². The zero-order valence-electron chi connectivity index (χ0n) is 5.76. The van der Waals surface area contributed by atoms with E-state index in [1.54, 1.807) is 12.4 Å². The molecule has 1 N–H and O–H groups in total. The van der Waals surface area contributed by atoms with Crippen molar-refractivity contribution in [3.8, 4) is 0 Å². The van der Waals surface area contributed by atoms with Crippen LogP contribution >= 0.6 is 0 Å². The van der Waals surface area contributed by atoms with Crippen molar-refractivity contribution < 1.29 is 1.37 Å². The number of nitrogens with one attached hydrogen (secondary N) is 1. The molecule has 2 aromatic rings. The lowest BCUT2D eigenvalue weighted by molar-refractivity contribution is 1.41. The molecule has 0 fully saturated rings. The van der Waals surface area contributed by atoms with E-state index in [-0.39, 0.29) is 0 Å². The molecule has 2 rings (SSSR count). The Kier molecular flexibility index (Phi) is 0.646. The van der Waals surface area contributed by atoms with E-state index in [2.05, 4.69) is 9.97 Å². The summed E-state index contributed by atoms with van der Waals surface area (Å²) in [6.45, 7) is 0. The van der Waals surface area contributed by atoms with E-state index in [4.69, 9.17) is 1.37 Å². The summed E-state index contributed by atoms with van der Waals surface area (Å²) >= 11 is 0. The Morgan fingerprint density at radius 3 is 3.56 bits per heavy atom. The Labute approximate surface area is 53.9 Å². The number of rotatable bonds is 0. The van der Waals surface area contributed by atoms with Crippen LogP contribution in [-0.2, 0) is 0 Å². The standard InChI is InChI=1S/C7H6N2/c1-2-6-7(8-4-1)3-5-9-6/h1-5,9H/i3D. The summed E-state index contributed by atoms with van der Waals surface area (Å²) in [5.74, 6) is 0. The van der Waals surface area contributed by atoms with Crippen LogP contribution in [0.1, 0.15) is 1.37 Å². The van der Waals surface area contributed by atoms with Crippen molar-refractivity contribution >= 4 is 11.0 Å². The summed E-state index contributed by atoms with van der Waals surface area (Å²) in [5, 5.41) is 0. The predicted octanol–water partition coefficient (Wildman–Crippen LogP) is 1.56. The first-order valence-electron chi connectivity index (χ1n) is 3.26. The van der Waals surface area contributed by atoms with Gasteiger partial charge in [-0.15, -0.1) is 0 Å². The predicted molar refractivity (Wildman–Crippen MR) is 36.1 cm³/mol. The molecular weight excluding hydrogens is 112 g/mol. The first kappa shape index (κ1) is 3.67. The zero-order valence-corrected chi connectivity index (χ0v) is 4.76. The van der Waals surface area contributed by atoms with Gasteiger partial charge in [-0.3, -0.25) is 4.98 Å². The van der Waals surface area contributed by atoms with Crippen molar-refractivity contribution in [2.75, 3.05) is 0 Å². The summed E-state index contributed by atoms with van der Waals surface area (Å²) in [4.78, 5) is 6.96. The number of pyridine rings is 1. The first-order valence-corrected chi connectivity index (χ1v) is 2.76. The molecule has 0 spiro atoms. The molecule has 2 heteroatoms. The fourth-order valence-corrected chi connectivity index (χ4v) is 0.819. The molecule has 2 aromatic heterocycles. The summed E-state index contributed by atoms with van der Waals surface area (Å²) in [7, 11) is 0. The quantitative estimate of drug-likeness (QED) is 0.560. The van der Waals surface area contributed by atoms with Crippen LogP contribution in [0.25, 0.3) is 11.0 Å². The van der Waals surface area contributed by atoms with Crippen molar-refractivity contribution in [3.63, 3.8) is 0 Å². The lowest BCUT2D eigenvalue weighted by atomic mass is 10.4. The van der Waals surface area contributed by atoms with Crippen molar-refractivity contribution in [2.45, 2.75) is 0 Å². The second-order valence-electron chi connectivity index (χ2n) is 1.83. The van der Waals surface area contributed by atoms with Crippen LogP contribution in [-0.4, -0.2) is 9.97 Å². The third-order valence-corrected chi connectivity index (χ3v) is 1.24. The Balaban J connectivity index is 2.93. The fourth-order valence-electron chi connectivity index (χ4n) is 0.819. The lowest BCUT2D eigenvalue weighted by Crippen LogP contribution is -1.68. The summed E-state index contributed by atoms with van der Waals surface area (Å²) in [6, 6.07) is 4.20. The van der Waals surface area contributed by atoms with Gasteiger partial charge in [0.15, 0.2) is 0 Å². The van der Waals surface area contributed by atoms with Gasteiger partial charge in [0.25, 0.3) is 0 Å². The van der Waals surface area contributed by atoms with Gasteiger partial charge in [-0.05, 0) is 18.2 Å². The van der Waals surface area contributed by atoms with E-state index >= 15 is 0 Å². The van der Waals surface area contributed by atoms with Crippen LogP contribution in [0, 0.1) is 0 Å². The highest BCUT2D eigenvalue weighted by atomic mass is 14.7. The van der Waals surface area contributed by atoms with Crippen LogP contribution in [0.5, 0.6) is 0 Å². The molecule has 44 valence electrons. The summed E-state index contributed by atoms with van der Waals surface area (Å²) < 4.78 is 7.35. The number of nitrogens with zero attached hydrogens (tertiary/aromatic N) is 1. The van der Waals surface area contributed by atoms with Crippen LogP contribution in [0.15, 0.2) is 30.6 Å². The maximum Gasteiger partial charge on any atom is 0.0878 e. The van der Waals surface area contributed by atoms with Gasteiger partial charge in [0.05, 0.1) is 12.4 Å². The Bertz CT molecular complexity index is 353. The summed E-state index contributed by atoms with van der Waals surface area (Å²) in [5.41, 5.74) is 1.66. The average molecular weight is 119 g/mol. The lowest BCUT2D eigenvalue weighted by Gasteiger charge is -1.82. The molecule has 0 saturated carbocycles. The maximum atomic E-state index is 7.35. The number of H-pyrrole nitrogens is 1. The Morgan fingerprint density at radius 2 is 2.67 bits per heavy atom. The van der Waals surface area contributed by atoms with Crippen LogP contribution in [0.3, 0.4) is 0 Å². The second-order valence-corrected chi connectivity index (χ2v) is 1.83. The maximum absolute atomic E-state index is 7.35. The molecule has 0 aliphatic heterocycles. The van der Waals surface area contributed by atoms with E-state index < -0.39 is 0 Å². The fraction of sp³-hybridized carbons (Fsp3) is 0. The van der Waals surface area contributed by atoms with Gasteiger partial charge >= 0.3 is 0 Å². The minimum absolute atomic E-state index is 0.454. The van der Waals surface area contributed by atoms with Gasteiger partial charge in [0, 0.05) is 12.4 Å². The normalized spacial score (nSPS) is 11.8. The number of aromatic amines is 1. The molecular formula is C7H6N2. The second kappa shape index (κ2) is 1.58. The molecule has 0 aliphatic rings. The number of hydrogen-bond acceptors (Lipinski definition) is 1. The van der Waals surface area contributed by atoms with Gasteiger partial charge in [-0.25, -0.2) is 0 Å². The van der Waals surface area contributed by atoms with Crippen molar-refractivity contribution in [2.24, 2.45) is 0 Å².